The molecule has 0 bridgehead atoms. The topological polar surface area (TPSA) is 72.6 Å². The van der Waals surface area contributed by atoms with Crippen LogP contribution in [-0.4, -0.2) is 10.0 Å². The molecule has 0 unspecified atom stereocenters. The first-order valence-corrected chi connectivity index (χ1v) is 6.76. The Morgan fingerprint density at radius 2 is 2.05 bits per heavy atom. The number of nitrogens with zero attached hydrogens (tertiary/aromatic N) is 1. The Morgan fingerprint density at radius 1 is 1.29 bits per heavy atom. The highest BCUT2D eigenvalue weighted by Gasteiger charge is 2.17. The van der Waals surface area contributed by atoms with Gasteiger partial charge >= 0.3 is 5.69 Å². The molecule has 0 atom stereocenters. The van der Waals surface area contributed by atoms with E-state index >= 15 is 0 Å². The van der Waals surface area contributed by atoms with Crippen molar-refractivity contribution in [1.82, 2.24) is 0 Å². The van der Waals surface area contributed by atoms with E-state index in [-0.39, 0.29) is 18.8 Å². The second-order valence-electron chi connectivity index (χ2n) is 4.21. The van der Waals surface area contributed by atoms with E-state index in [1.54, 1.807) is 18.2 Å². The minimum Gasteiger partial charge on any atom is -0.488 e. The van der Waals surface area contributed by atoms with Crippen molar-refractivity contribution < 1.29 is 19.2 Å². The molecule has 2 rings (SSSR count). The highest BCUT2D eigenvalue weighted by Crippen LogP contribution is 2.26. The molecule has 2 aromatic carbocycles. The first kappa shape index (κ1) is 15.4. The summed E-state index contributed by atoms with van der Waals surface area (Å²) in [4.78, 5) is 9.89. The maximum atomic E-state index is 13.9. The van der Waals surface area contributed by atoms with E-state index in [1.807, 2.05) is 0 Å². The summed E-state index contributed by atoms with van der Waals surface area (Å²) in [5.74, 6) is -0.517. The minimum atomic E-state index is -0.912. The fraction of sp³-hybridized carbons (Fsp3) is 0.143. The Kier molecular flexibility index (Phi) is 4.87. The van der Waals surface area contributed by atoms with E-state index in [4.69, 9.17) is 4.74 Å². The van der Waals surface area contributed by atoms with Gasteiger partial charge in [-0.15, -0.1) is 0 Å². The highest BCUT2D eigenvalue weighted by molar-refractivity contribution is 9.10. The van der Waals surface area contributed by atoms with E-state index in [1.165, 1.54) is 12.1 Å². The van der Waals surface area contributed by atoms with Crippen molar-refractivity contribution in [1.29, 1.82) is 0 Å². The number of hydrogen-bond acceptors (Lipinski definition) is 4. The summed E-state index contributed by atoms with van der Waals surface area (Å²) in [6.07, 6.45) is 0. The molecule has 0 heterocycles. The third-order valence-corrected chi connectivity index (χ3v) is 3.32. The molecule has 21 heavy (non-hydrogen) atoms. The monoisotopic (exact) mass is 355 g/mol. The molecular weight excluding hydrogens is 345 g/mol. The van der Waals surface area contributed by atoms with E-state index in [0.717, 1.165) is 10.5 Å². The third kappa shape index (κ3) is 3.56. The smallest absolute Gasteiger partial charge is 0.305 e. The Hall–Kier alpha value is -1.99. The standard InChI is InChI=1S/C14H11BrFNO4/c15-11-4-5-13(10(6-11)7-18)21-8-9-2-1-3-12(14(9)16)17(19)20/h1-6,18H,7-8H2. The number of aliphatic hydroxyl groups is 1. The number of nitro benzene ring substituents is 1. The molecule has 110 valence electrons. The van der Waals surface area contributed by atoms with Gasteiger partial charge in [0.15, 0.2) is 0 Å². The number of halogens is 2. The molecular formula is C14H11BrFNO4. The zero-order chi connectivity index (χ0) is 15.4. The lowest BCUT2D eigenvalue weighted by molar-refractivity contribution is -0.387. The van der Waals surface area contributed by atoms with Crippen LogP contribution in [0.5, 0.6) is 5.75 Å². The lowest BCUT2D eigenvalue weighted by Crippen LogP contribution is -2.03. The molecule has 0 saturated carbocycles. The van der Waals surface area contributed by atoms with Crippen molar-refractivity contribution >= 4 is 21.6 Å². The van der Waals surface area contributed by atoms with Gasteiger partial charge < -0.3 is 9.84 Å². The quantitative estimate of drug-likeness (QED) is 0.657. The van der Waals surface area contributed by atoms with Gasteiger partial charge in [-0.25, -0.2) is 0 Å². The summed E-state index contributed by atoms with van der Waals surface area (Å²) in [6.45, 7) is -0.395. The number of benzene rings is 2. The van der Waals surface area contributed by atoms with Crippen molar-refractivity contribution in [3.8, 4) is 5.75 Å². The van der Waals surface area contributed by atoms with Crippen molar-refractivity contribution in [2.24, 2.45) is 0 Å². The summed E-state index contributed by atoms with van der Waals surface area (Å²) in [5.41, 5.74) is 0.0283. The van der Waals surface area contributed by atoms with Gasteiger partial charge in [-0.2, -0.15) is 4.39 Å². The van der Waals surface area contributed by atoms with Crippen molar-refractivity contribution in [2.75, 3.05) is 0 Å². The van der Waals surface area contributed by atoms with Crippen LogP contribution in [0.2, 0.25) is 0 Å². The highest BCUT2D eigenvalue weighted by atomic mass is 79.9. The summed E-state index contributed by atoms with van der Waals surface area (Å²) < 4.78 is 20.1. The molecule has 0 aliphatic heterocycles. The van der Waals surface area contributed by atoms with Crippen LogP contribution in [0.25, 0.3) is 0 Å². The zero-order valence-corrected chi connectivity index (χ0v) is 12.3. The molecule has 1 N–H and O–H groups in total. The number of aliphatic hydroxyl groups excluding tert-OH is 1. The first-order chi connectivity index (χ1) is 10.0. The molecule has 5 nitrogen and oxygen atoms in total. The van der Waals surface area contributed by atoms with Gasteiger partial charge in [-0.05, 0) is 18.2 Å². The normalized spacial score (nSPS) is 10.4. The Morgan fingerprint density at radius 3 is 2.71 bits per heavy atom. The van der Waals surface area contributed by atoms with Crippen LogP contribution in [0.15, 0.2) is 40.9 Å². The number of rotatable bonds is 5. The second kappa shape index (κ2) is 6.64. The average Bonchev–Trinajstić information content (AvgIpc) is 2.46. The van der Waals surface area contributed by atoms with Gasteiger partial charge in [0.2, 0.25) is 5.82 Å². The summed E-state index contributed by atoms with van der Waals surface area (Å²) in [6, 6.07) is 8.94. The van der Waals surface area contributed by atoms with Crippen molar-refractivity contribution in [3.63, 3.8) is 0 Å². The van der Waals surface area contributed by atoms with Gasteiger partial charge in [0, 0.05) is 21.7 Å². The van der Waals surface area contributed by atoms with Gasteiger partial charge in [0.05, 0.1) is 11.5 Å². The molecule has 0 saturated heterocycles. The van der Waals surface area contributed by atoms with Crippen LogP contribution < -0.4 is 4.74 Å². The van der Waals surface area contributed by atoms with E-state index in [9.17, 15) is 19.6 Å². The average molecular weight is 356 g/mol. The molecule has 0 spiro atoms. The SMILES string of the molecule is O=[N+]([O-])c1cccc(COc2ccc(Br)cc2CO)c1F. The van der Waals surface area contributed by atoms with Crippen molar-refractivity contribution in [3.05, 3.63) is 67.9 Å². The summed E-state index contributed by atoms with van der Waals surface area (Å²) in [5, 5.41) is 19.9. The predicted octanol–water partition coefficient (Wildman–Crippen LogP) is 3.57. The molecule has 0 aliphatic carbocycles. The van der Waals surface area contributed by atoms with E-state index in [2.05, 4.69) is 15.9 Å². The largest absolute Gasteiger partial charge is 0.488 e. The molecule has 0 fully saturated rings. The van der Waals surface area contributed by atoms with Crippen LogP contribution in [0, 0.1) is 15.9 Å². The number of nitro groups is 1. The molecule has 0 aliphatic rings. The Labute approximate surface area is 128 Å². The van der Waals surface area contributed by atoms with Crippen LogP contribution in [0.3, 0.4) is 0 Å². The molecule has 0 radical (unpaired) electrons. The van der Waals surface area contributed by atoms with Gasteiger partial charge in [0.1, 0.15) is 12.4 Å². The lowest BCUT2D eigenvalue weighted by Gasteiger charge is -2.11. The van der Waals surface area contributed by atoms with Crippen LogP contribution in [-0.2, 0) is 13.2 Å². The lowest BCUT2D eigenvalue weighted by atomic mass is 10.2. The predicted molar refractivity (Wildman–Crippen MR) is 77.5 cm³/mol. The van der Waals surface area contributed by atoms with Crippen LogP contribution >= 0.6 is 15.9 Å². The maximum absolute atomic E-state index is 13.9. The molecule has 0 aromatic heterocycles. The molecule has 0 amide bonds. The Balaban J connectivity index is 2.21. The van der Waals surface area contributed by atoms with E-state index < -0.39 is 16.4 Å². The Bertz CT molecular complexity index is 678. The molecule has 7 heteroatoms. The third-order valence-electron chi connectivity index (χ3n) is 2.83. The first-order valence-electron chi connectivity index (χ1n) is 5.96. The van der Waals surface area contributed by atoms with Gasteiger partial charge in [-0.1, -0.05) is 28.1 Å². The number of ether oxygens (including phenoxy) is 1. The fourth-order valence-electron chi connectivity index (χ4n) is 1.79. The van der Waals surface area contributed by atoms with Gasteiger partial charge in [0.25, 0.3) is 0 Å². The van der Waals surface area contributed by atoms with Gasteiger partial charge in [-0.3, -0.25) is 10.1 Å². The number of hydrogen-bond donors (Lipinski definition) is 1. The summed E-state index contributed by atoms with van der Waals surface area (Å²) >= 11 is 3.27. The molecule has 2 aromatic rings. The van der Waals surface area contributed by atoms with Crippen LogP contribution in [0.4, 0.5) is 10.1 Å². The maximum Gasteiger partial charge on any atom is 0.305 e. The summed E-state index contributed by atoms with van der Waals surface area (Å²) in [7, 11) is 0. The fourth-order valence-corrected chi connectivity index (χ4v) is 2.20. The van der Waals surface area contributed by atoms with Crippen LogP contribution in [0.1, 0.15) is 11.1 Å². The van der Waals surface area contributed by atoms with E-state index in [0.29, 0.717) is 11.3 Å². The zero-order valence-electron chi connectivity index (χ0n) is 10.8. The second-order valence-corrected chi connectivity index (χ2v) is 5.12. The minimum absolute atomic E-state index is 0.0796. The van der Waals surface area contributed by atoms with Crippen molar-refractivity contribution in [2.45, 2.75) is 13.2 Å².